The van der Waals surface area contributed by atoms with E-state index in [0.717, 1.165) is 18.5 Å². The predicted molar refractivity (Wildman–Crippen MR) is 60.3 cm³/mol. The van der Waals surface area contributed by atoms with Gasteiger partial charge in [-0.1, -0.05) is 0 Å². The van der Waals surface area contributed by atoms with Crippen LogP contribution < -0.4 is 17.2 Å². The molecule has 0 aliphatic rings. The molecule has 0 aromatic carbocycles. The molecular weight excluding hydrogens is 198 g/mol. The zero-order chi connectivity index (χ0) is 10.6. The molecule has 1 heterocycles. The van der Waals surface area contributed by atoms with Crippen molar-refractivity contribution in [1.29, 1.82) is 0 Å². The summed E-state index contributed by atoms with van der Waals surface area (Å²) in [5, 5.41) is 0.624. The number of aliphatic imine (C=N–C) groups is 1. The minimum atomic E-state index is 0.144. The number of aryl methyl sites for hydroxylation is 2. The van der Waals surface area contributed by atoms with Crippen molar-refractivity contribution >= 4 is 22.4 Å². The second-order valence-corrected chi connectivity index (χ2v) is 4.09. The van der Waals surface area contributed by atoms with Crippen molar-refractivity contribution in [3.05, 3.63) is 10.6 Å². The van der Waals surface area contributed by atoms with Crippen LogP contribution in [-0.4, -0.2) is 17.5 Å². The molecule has 0 amide bonds. The fourth-order valence-corrected chi connectivity index (χ4v) is 2.01. The molecule has 1 aromatic heterocycles. The van der Waals surface area contributed by atoms with E-state index in [2.05, 4.69) is 9.98 Å². The van der Waals surface area contributed by atoms with Crippen molar-refractivity contribution in [2.24, 2.45) is 16.5 Å². The van der Waals surface area contributed by atoms with Gasteiger partial charge in [-0.25, -0.2) is 4.98 Å². The molecule has 0 radical (unpaired) electrons. The number of aromatic nitrogens is 1. The Morgan fingerprint density at radius 1 is 1.50 bits per heavy atom. The first-order valence-electron chi connectivity index (χ1n) is 4.36. The molecule has 6 N–H and O–H groups in total. The molecule has 78 valence electrons. The third-order valence-electron chi connectivity index (χ3n) is 1.77. The average molecular weight is 213 g/mol. The zero-order valence-corrected chi connectivity index (χ0v) is 8.97. The van der Waals surface area contributed by atoms with Crippen LogP contribution in [-0.2, 0) is 6.42 Å². The standard InChI is InChI=1S/C8H15N5S/c1-5-6(14-8(11)13-5)3-2-4-12-7(9)10/h2-4H2,1H3,(H2,11,13)(H4,9,10,12). The van der Waals surface area contributed by atoms with E-state index in [1.165, 1.54) is 16.2 Å². The molecule has 1 aromatic rings. The first kappa shape index (κ1) is 10.8. The number of thiazole rings is 1. The van der Waals surface area contributed by atoms with Crippen LogP contribution in [0.1, 0.15) is 17.0 Å². The number of anilines is 1. The highest BCUT2D eigenvalue weighted by Crippen LogP contribution is 2.20. The van der Waals surface area contributed by atoms with Crippen molar-refractivity contribution in [1.82, 2.24) is 4.98 Å². The van der Waals surface area contributed by atoms with Crippen LogP contribution in [0, 0.1) is 6.92 Å². The van der Waals surface area contributed by atoms with Crippen LogP contribution in [0.4, 0.5) is 5.13 Å². The van der Waals surface area contributed by atoms with Crippen LogP contribution >= 0.6 is 11.3 Å². The minimum Gasteiger partial charge on any atom is -0.375 e. The number of rotatable bonds is 4. The van der Waals surface area contributed by atoms with Crippen molar-refractivity contribution in [2.45, 2.75) is 19.8 Å². The Labute approximate surface area is 87.0 Å². The van der Waals surface area contributed by atoms with Gasteiger partial charge in [0.05, 0.1) is 5.69 Å². The second-order valence-electron chi connectivity index (χ2n) is 2.97. The molecule has 0 spiro atoms. The van der Waals surface area contributed by atoms with Crippen LogP contribution in [0.25, 0.3) is 0 Å². The smallest absolute Gasteiger partial charge is 0.185 e. The maximum absolute atomic E-state index is 5.57. The molecule has 0 unspecified atom stereocenters. The van der Waals surface area contributed by atoms with Gasteiger partial charge >= 0.3 is 0 Å². The van der Waals surface area contributed by atoms with Crippen LogP contribution in [0.15, 0.2) is 4.99 Å². The normalized spacial score (nSPS) is 10.1. The lowest BCUT2D eigenvalue weighted by molar-refractivity contribution is 0.835. The molecule has 5 nitrogen and oxygen atoms in total. The summed E-state index contributed by atoms with van der Waals surface area (Å²) in [6, 6.07) is 0. The monoisotopic (exact) mass is 213 g/mol. The van der Waals surface area contributed by atoms with Crippen LogP contribution in [0.5, 0.6) is 0 Å². The lowest BCUT2D eigenvalue weighted by atomic mass is 10.2. The van der Waals surface area contributed by atoms with Crippen LogP contribution in [0.3, 0.4) is 0 Å². The molecule has 0 aliphatic carbocycles. The van der Waals surface area contributed by atoms with E-state index in [9.17, 15) is 0 Å². The quantitative estimate of drug-likeness (QED) is 0.378. The fraction of sp³-hybridized carbons (Fsp3) is 0.500. The fourth-order valence-electron chi connectivity index (χ4n) is 1.13. The van der Waals surface area contributed by atoms with E-state index in [1.807, 2.05) is 6.92 Å². The molecule has 14 heavy (non-hydrogen) atoms. The van der Waals surface area contributed by atoms with Crippen molar-refractivity contribution in [3.8, 4) is 0 Å². The number of nitrogen functional groups attached to an aromatic ring is 1. The van der Waals surface area contributed by atoms with Gasteiger partial charge in [-0.15, -0.1) is 11.3 Å². The number of nitrogens with two attached hydrogens (primary N) is 3. The van der Waals surface area contributed by atoms with E-state index in [4.69, 9.17) is 17.2 Å². The van der Waals surface area contributed by atoms with Gasteiger partial charge in [0.1, 0.15) is 0 Å². The van der Waals surface area contributed by atoms with E-state index >= 15 is 0 Å². The van der Waals surface area contributed by atoms with Crippen LogP contribution in [0.2, 0.25) is 0 Å². The molecular formula is C8H15N5S. The Hall–Kier alpha value is -1.30. The highest BCUT2D eigenvalue weighted by atomic mass is 32.1. The summed E-state index contributed by atoms with van der Waals surface area (Å²) in [6.45, 7) is 2.61. The Balaban J connectivity index is 2.38. The Kier molecular flexibility index (Phi) is 3.70. The predicted octanol–water partition coefficient (Wildman–Crippen LogP) is 0.240. The summed E-state index contributed by atoms with van der Waals surface area (Å²) < 4.78 is 0. The third-order valence-corrected chi connectivity index (χ3v) is 2.81. The molecule has 6 heteroatoms. The zero-order valence-electron chi connectivity index (χ0n) is 8.16. The summed E-state index contributed by atoms with van der Waals surface area (Å²) >= 11 is 1.53. The third kappa shape index (κ3) is 3.21. The lowest BCUT2D eigenvalue weighted by Gasteiger charge is -1.96. The topological polar surface area (TPSA) is 103 Å². The van der Waals surface area contributed by atoms with Gasteiger partial charge in [0.25, 0.3) is 0 Å². The minimum absolute atomic E-state index is 0.144. The van der Waals surface area contributed by atoms with Gasteiger partial charge in [-0.3, -0.25) is 4.99 Å². The first-order valence-corrected chi connectivity index (χ1v) is 5.18. The van der Waals surface area contributed by atoms with E-state index in [1.54, 1.807) is 0 Å². The Bertz CT molecular complexity index is 326. The van der Waals surface area contributed by atoms with Gasteiger partial charge in [0.15, 0.2) is 11.1 Å². The maximum atomic E-state index is 5.57. The lowest BCUT2D eigenvalue weighted by Crippen LogP contribution is -2.23. The molecule has 0 fully saturated rings. The Morgan fingerprint density at radius 3 is 2.71 bits per heavy atom. The maximum Gasteiger partial charge on any atom is 0.185 e. The number of hydrogen-bond donors (Lipinski definition) is 3. The van der Waals surface area contributed by atoms with E-state index < -0.39 is 0 Å². The van der Waals surface area contributed by atoms with Gasteiger partial charge in [0, 0.05) is 11.4 Å². The van der Waals surface area contributed by atoms with Gasteiger partial charge in [-0.2, -0.15) is 0 Å². The molecule has 0 saturated heterocycles. The summed E-state index contributed by atoms with van der Waals surface area (Å²) in [7, 11) is 0. The number of guanidine groups is 1. The second kappa shape index (κ2) is 4.80. The number of hydrogen-bond acceptors (Lipinski definition) is 4. The van der Waals surface area contributed by atoms with Crippen molar-refractivity contribution in [2.75, 3.05) is 12.3 Å². The summed E-state index contributed by atoms with van der Waals surface area (Å²) in [5.41, 5.74) is 17.0. The van der Waals surface area contributed by atoms with E-state index in [0.29, 0.717) is 11.7 Å². The van der Waals surface area contributed by atoms with Crippen molar-refractivity contribution in [3.63, 3.8) is 0 Å². The van der Waals surface area contributed by atoms with Gasteiger partial charge < -0.3 is 17.2 Å². The molecule has 0 saturated carbocycles. The SMILES string of the molecule is Cc1nc(N)sc1CCCN=C(N)N. The molecule has 0 bridgehead atoms. The molecule has 1 rings (SSSR count). The number of nitrogens with zero attached hydrogens (tertiary/aromatic N) is 2. The largest absolute Gasteiger partial charge is 0.375 e. The summed E-state index contributed by atoms with van der Waals surface area (Å²) in [6.07, 6.45) is 1.85. The van der Waals surface area contributed by atoms with Crippen molar-refractivity contribution < 1.29 is 0 Å². The molecule has 0 atom stereocenters. The van der Waals surface area contributed by atoms with Gasteiger partial charge in [0.2, 0.25) is 0 Å². The summed E-state index contributed by atoms with van der Waals surface area (Å²) in [4.78, 5) is 9.25. The Morgan fingerprint density at radius 2 is 2.21 bits per heavy atom. The highest BCUT2D eigenvalue weighted by Gasteiger charge is 2.03. The summed E-state index contributed by atoms with van der Waals surface area (Å²) in [5.74, 6) is 0.144. The van der Waals surface area contributed by atoms with Gasteiger partial charge in [-0.05, 0) is 19.8 Å². The first-order chi connectivity index (χ1) is 6.59. The average Bonchev–Trinajstić information content (AvgIpc) is 2.39. The molecule has 0 aliphatic heterocycles. The van der Waals surface area contributed by atoms with E-state index in [-0.39, 0.29) is 5.96 Å². The highest BCUT2D eigenvalue weighted by molar-refractivity contribution is 7.15.